The van der Waals surface area contributed by atoms with Crippen molar-refractivity contribution in [2.24, 2.45) is 0 Å². The number of nitrogen functional groups attached to an aromatic ring is 1. The van der Waals surface area contributed by atoms with Crippen LogP contribution in [0.3, 0.4) is 0 Å². The van der Waals surface area contributed by atoms with Crippen molar-refractivity contribution < 1.29 is 4.74 Å². The molecule has 0 saturated carbocycles. The molecule has 18 heavy (non-hydrogen) atoms. The van der Waals surface area contributed by atoms with Crippen LogP contribution >= 0.6 is 11.8 Å². The van der Waals surface area contributed by atoms with Crippen LogP contribution in [0.1, 0.15) is 20.8 Å². The first-order valence-corrected chi connectivity index (χ1v) is 7.02. The van der Waals surface area contributed by atoms with Crippen molar-refractivity contribution in [2.75, 3.05) is 36.1 Å². The molecule has 1 saturated heterocycles. The van der Waals surface area contributed by atoms with Crippen molar-refractivity contribution in [3.63, 3.8) is 0 Å². The fourth-order valence-corrected chi connectivity index (χ4v) is 2.99. The van der Waals surface area contributed by atoms with Crippen molar-refractivity contribution in [3.05, 3.63) is 0 Å². The van der Waals surface area contributed by atoms with Gasteiger partial charge in [-0.15, -0.1) is 0 Å². The SMILES string of the molecule is CCOc1nc(N)nc(N2CCSC(C)(C)C2)n1. The Morgan fingerprint density at radius 2 is 2.17 bits per heavy atom. The summed E-state index contributed by atoms with van der Waals surface area (Å²) in [6.45, 7) is 8.66. The molecule has 0 unspecified atom stereocenters. The monoisotopic (exact) mass is 269 g/mol. The Hall–Kier alpha value is -1.24. The second-order valence-electron chi connectivity index (χ2n) is 4.74. The maximum atomic E-state index is 5.69. The van der Waals surface area contributed by atoms with Crippen LogP contribution in [0.25, 0.3) is 0 Å². The van der Waals surface area contributed by atoms with Gasteiger partial charge in [-0.05, 0) is 20.8 Å². The molecule has 1 aliphatic heterocycles. The summed E-state index contributed by atoms with van der Waals surface area (Å²) in [5.74, 6) is 1.88. The summed E-state index contributed by atoms with van der Waals surface area (Å²) in [6, 6.07) is 0.302. The third kappa shape index (κ3) is 3.16. The molecule has 100 valence electrons. The number of thioether (sulfide) groups is 1. The first-order valence-electron chi connectivity index (χ1n) is 6.03. The van der Waals surface area contributed by atoms with E-state index in [0.29, 0.717) is 18.6 Å². The first kappa shape index (κ1) is 13.2. The highest BCUT2D eigenvalue weighted by Gasteiger charge is 2.28. The zero-order valence-electron chi connectivity index (χ0n) is 11.0. The molecule has 6 nitrogen and oxygen atoms in total. The average molecular weight is 269 g/mol. The van der Waals surface area contributed by atoms with Gasteiger partial charge in [0.25, 0.3) is 0 Å². The minimum Gasteiger partial charge on any atom is -0.464 e. The zero-order valence-corrected chi connectivity index (χ0v) is 11.8. The smallest absolute Gasteiger partial charge is 0.323 e. The number of hydrogen-bond acceptors (Lipinski definition) is 7. The summed E-state index contributed by atoms with van der Waals surface area (Å²) in [5.41, 5.74) is 5.69. The summed E-state index contributed by atoms with van der Waals surface area (Å²) in [5, 5.41) is 0. The van der Waals surface area contributed by atoms with E-state index in [-0.39, 0.29) is 10.7 Å². The summed E-state index contributed by atoms with van der Waals surface area (Å²) in [7, 11) is 0. The van der Waals surface area contributed by atoms with Crippen LogP contribution < -0.4 is 15.4 Å². The third-order valence-electron chi connectivity index (χ3n) is 2.60. The lowest BCUT2D eigenvalue weighted by molar-refractivity contribution is 0.312. The van der Waals surface area contributed by atoms with Gasteiger partial charge in [0.15, 0.2) is 0 Å². The van der Waals surface area contributed by atoms with E-state index in [4.69, 9.17) is 10.5 Å². The lowest BCUT2D eigenvalue weighted by atomic mass is 10.2. The summed E-state index contributed by atoms with van der Waals surface area (Å²) in [6.07, 6.45) is 0. The molecule has 2 rings (SSSR count). The van der Waals surface area contributed by atoms with Gasteiger partial charge in [-0.2, -0.15) is 26.7 Å². The number of aromatic nitrogens is 3. The topological polar surface area (TPSA) is 77.2 Å². The van der Waals surface area contributed by atoms with Crippen molar-refractivity contribution in [1.29, 1.82) is 0 Å². The molecule has 1 aromatic rings. The van der Waals surface area contributed by atoms with Crippen molar-refractivity contribution in [2.45, 2.75) is 25.5 Å². The van der Waals surface area contributed by atoms with Gasteiger partial charge in [0.2, 0.25) is 11.9 Å². The molecule has 0 bridgehead atoms. The van der Waals surface area contributed by atoms with Gasteiger partial charge in [-0.1, -0.05) is 0 Å². The van der Waals surface area contributed by atoms with Gasteiger partial charge in [0, 0.05) is 23.6 Å². The Morgan fingerprint density at radius 3 is 2.83 bits per heavy atom. The molecule has 2 N–H and O–H groups in total. The molecule has 0 amide bonds. The van der Waals surface area contributed by atoms with Gasteiger partial charge in [0.05, 0.1) is 6.61 Å². The fourth-order valence-electron chi connectivity index (χ4n) is 1.88. The number of nitrogens with zero attached hydrogens (tertiary/aromatic N) is 4. The molecular formula is C11H19N5OS. The second-order valence-corrected chi connectivity index (χ2v) is 6.54. The number of rotatable bonds is 3. The van der Waals surface area contributed by atoms with Crippen LogP contribution in [0.15, 0.2) is 0 Å². The van der Waals surface area contributed by atoms with Crippen LogP contribution in [0.2, 0.25) is 0 Å². The van der Waals surface area contributed by atoms with E-state index in [0.717, 1.165) is 18.8 Å². The largest absolute Gasteiger partial charge is 0.464 e. The van der Waals surface area contributed by atoms with E-state index in [2.05, 4.69) is 33.7 Å². The Balaban J connectivity index is 2.21. The van der Waals surface area contributed by atoms with Crippen molar-refractivity contribution in [1.82, 2.24) is 15.0 Å². The number of hydrogen-bond donors (Lipinski definition) is 1. The quantitative estimate of drug-likeness (QED) is 0.883. The molecule has 1 aliphatic rings. The molecule has 7 heteroatoms. The van der Waals surface area contributed by atoms with Gasteiger partial charge in [-0.3, -0.25) is 0 Å². The summed E-state index contributed by atoms with van der Waals surface area (Å²) >= 11 is 1.96. The van der Waals surface area contributed by atoms with Crippen LogP contribution in [-0.2, 0) is 0 Å². The molecule has 1 aromatic heterocycles. The highest BCUT2D eigenvalue weighted by atomic mass is 32.2. The minimum atomic E-state index is 0.200. The van der Waals surface area contributed by atoms with E-state index < -0.39 is 0 Å². The van der Waals surface area contributed by atoms with E-state index in [1.54, 1.807) is 0 Å². The minimum absolute atomic E-state index is 0.200. The predicted octanol–water partition coefficient (Wildman–Crippen LogP) is 1.18. The standard InChI is InChI=1S/C11H19N5OS/c1-4-17-10-14-8(12)13-9(15-10)16-5-6-18-11(2,3)7-16/h4-7H2,1-3H3,(H2,12,13,14,15). The molecule has 0 aromatic carbocycles. The van der Waals surface area contributed by atoms with Crippen molar-refractivity contribution in [3.8, 4) is 6.01 Å². The summed E-state index contributed by atoms with van der Waals surface area (Å²) < 4.78 is 5.50. The summed E-state index contributed by atoms with van der Waals surface area (Å²) in [4.78, 5) is 14.6. The van der Waals surface area contributed by atoms with E-state index in [9.17, 15) is 0 Å². The van der Waals surface area contributed by atoms with Gasteiger partial charge in [0.1, 0.15) is 0 Å². The molecule has 0 aliphatic carbocycles. The average Bonchev–Trinajstić information content (AvgIpc) is 2.27. The number of anilines is 2. The molecule has 0 radical (unpaired) electrons. The fraction of sp³-hybridized carbons (Fsp3) is 0.727. The molecule has 0 spiro atoms. The molecular weight excluding hydrogens is 250 g/mol. The van der Waals surface area contributed by atoms with Crippen molar-refractivity contribution >= 4 is 23.7 Å². The lowest BCUT2D eigenvalue weighted by Gasteiger charge is -2.37. The Labute approximate surface area is 111 Å². The third-order valence-corrected chi connectivity index (χ3v) is 3.90. The molecule has 2 heterocycles. The Bertz CT molecular complexity index is 426. The highest BCUT2D eigenvalue weighted by Crippen LogP contribution is 2.31. The second kappa shape index (κ2) is 5.17. The van der Waals surface area contributed by atoms with Crippen LogP contribution in [0.5, 0.6) is 6.01 Å². The van der Waals surface area contributed by atoms with E-state index in [1.807, 2.05) is 18.7 Å². The molecule has 0 atom stereocenters. The maximum Gasteiger partial charge on any atom is 0.323 e. The van der Waals surface area contributed by atoms with Crippen LogP contribution in [-0.4, -0.2) is 45.1 Å². The first-order chi connectivity index (χ1) is 8.50. The van der Waals surface area contributed by atoms with E-state index >= 15 is 0 Å². The van der Waals surface area contributed by atoms with E-state index in [1.165, 1.54) is 0 Å². The number of ether oxygens (including phenoxy) is 1. The zero-order chi connectivity index (χ0) is 13.2. The normalized spacial score (nSPS) is 18.7. The lowest BCUT2D eigenvalue weighted by Crippen LogP contribution is -2.44. The van der Waals surface area contributed by atoms with Gasteiger partial charge < -0.3 is 15.4 Å². The van der Waals surface area contributed by atoms with Gasteiger partial charge >= 0.3 is 6.01 Å². The highest BCUT2D eigenvalue weighted by molar-refractivity contribution is 8.00. The molecule has 1 fully saturated rings. The predicted molar refractivity (Wildman–Crippen MR) is 74.2 cm³/mol. The van der Waals surface area contributed by atoms with Crippen LogP contribution in [0.4, 0.5) is 11.9 Å². The number of nitrogens with two attached hydrogens (primary N) is 1. The Morgan fingerprint density at radius 1 is 1.39 bits per heavy atom. The maximum absolute atomic E-state index is 5.69. The van der Waals surface area contributed by atoms with Gasteiger partial charge in [-0.25, -0.2) is 0 Å². The van der Waals surface area contributed by atoms with Crippen LogP contribution in [0, 0.1) is 0 Å². The Kier molecular flexibility index (Phi) is 3.79.